The second kappa shape index (κ2) is 10.2. The molecule has 3 rings (SSSR count). The largest absolute Gasteiger partial charge is 0.384 e. The third-order valence-electron chi connectivity index (χ3n) is 4.67. The van der Waals surface area contributed by atoms with Crippen molar-refractivity contribution >= 4 is 22.4 Å². The average molecular weight is 395 g/mol. The molecule has 1 atom stereocenters. The van der Waals surface area contributed by atoms with E-state index in [9.17, 15) is 4.79 Å². The Kier molecular flexibility index (Phi) is 7.34. The lowest BCUT2D eigenvalue weighted by molar-refractivity contribution is -0.117. The van der Waals surface area contributed by atoms with Crippen LogP contribution in [-0.4, -0.2) is 24.6 Å². The summed E-state index contributed by atoms with van der Waals surface area (Å²) in [5.74, 6) is -0.150. The van der Waals surface area contributed by atoms with Crippen LogP contribution < -0.4 is 5.32 Å². The number of anilines is 1. The van der Waals surface area contributed by atoms with E-state index in [0.717, 1.165) is 36.1 Å². The first-order chi connectivity index (χ1) is 13.7. The molecule has 1 heterocycles. The topological polar surface area (TPSA) is 51.2 Å². The molecule has 146 valence electrons. The summed E-state index contributed by atoms with van der Waals surface area (Å²) in [6, 6.07) is 18.3. The Labute approximate surface area is 170 Å². The number of carbonyl (C=O) groups is 1. The van der Waals surface area contributed by atoms with Crippen LogP contribution in [0, 0.1) is 0 Å². The lowest BCUT2D eigenvalue weighted by Gasteiger charge is -2.15. The molecule has 0 radical (unpaired) electrons. The number of benzene rings is 2. The SMILES string of the molecule is CCCC(C(=O)Nc1nc(-c2ccc(CCOC)cc2)cs1)c1ccccc1. The van der Waals surface area contributed by atoms with Gasteiger partial charge in [0, 0.05) is 18.1 Å². The lowest BCUT2D eigenvalue weighted by Crippen LogP contribution is -2.21. The maximum atomic E-state index is 12.8. The maximum absolute atomic E-state index is 12.8. The number of ether oxygens (including phenoxy) is 1. The number of amides is 1. The van der Waals surface area contributed by atoms with Gasteiger partial charge in [-0.1, -0.05) is 67.9 Å². The van der Waals surface area contributed by atoms with E-state index in [4.69, 9.17) is 4.74 Å². The van der Waals surface area contributed by atoms with E-state index in [1.54, 1.807) is 7.11 Å². The van der Waals surface area contributed by atoms with Crippen LogP contribution in [0.4, 0.5) is 5.13 Å². The van der Waals surface area contributed by atoms with Crippen molar-refractivity contribution in [2.45, 2.75) is 32.1 Å². The molecule has 0 fully saturated rings. The first-order valence-corrected chi connectivity index (χ1v) is 10.5. The summed E-state index contributed by atoms with van der Waals surface area (Å²) in [5.41, 5.74) is 4.21. The number of nitrogens with one attached hydrogen (secondary N) is 1. The summed E-state index contributed by atoms with van der Waals surface area (Å²) < 4.78 is 5.12. The van der Waals surface area contributed by atoms with Crippen LogP contribution in [-0.2, 0) is 16.0 Å². The molecule has 1 unspecified atom stereocenters. The van der Waals surface area contributed by atoms with Gasteiger partial charge in [0.05, 0.1) is 18.2 Å². The van der Waals surface area contributed by atoms with Gasteiger partial charge >= 0.3 is 0 Å². The second-order valence-corrected chi connectivity index (χ2v) is 7.58. The highest BCUT2D eigenvalue weighted by atomic mass is 32.1. The van der Waals surface area contributed by atoms with Crippen LogP contribution >= 0.6 is 11.3 Å². The molecule has 5 heteroatoms. The third-order valence-corrected chi connectivity index (χ3v) is 5.43. The van der Waals surface area contributed by atoms with Gasteiger partial charge in [-0.3, -0.25) is 4.79 Å². The fraction of sp³-hybridized carbons (Fsp3) is 0.304. The Morgan fingerprint density at radius 2 is 1.89 bits per heavy atom. The van der Waals surface area contributed by atoms with E-state index in [1.165, 1.54) is 16.9 Å². The third kappa shape index (κ3) is 5.27. The maximum Gasteiger partial charge on any atom is 0.233 e. The van der Waals surface area contributed by atoms with Gasteiger partial charge in [0.15, 0.2) is 5.13 Å². The van der Waals surface area contributed by atoms with Crippen molar-refractivity contribution in [3.8, 4) is 11.3 Å². The number of hydrogen-bond acceptors (Lipinski definition) is 4. The number of nitrogens with zero attached hydrogens (tertiary/aromatic N) is 1. The molecular formula is C23H26N2O2S. The van der Waals surface area contributed by atoms with Gasteiger partial charge in [0.1, 0.15) is 0 Å². The van der Waals surface area contributed by atoms with Crippen LogP contribution in [0.15, 0.2) is 60.0 Å². The average Bonchev–Trinajstić information content (AvgIpc) is 3.19. The van der Waals surface area contributed by atoms with Crippen LogP contribution in [0.25, 0.3) is 11.3 Å². The number of rotatable bonds is 9. The quantitative estimate of drug-likeness (QED) is 0.520. The summed E-state index contributed by atoms with van der Waals surface area (Å²) in [7, 11) is 1.71. The molecule has 0 saturated carbocycles. The molecule has 1 aromatic heterocycles. The summed E-state index contributed by atoms with van der Waals surface area (Å²) in [4.78, 5) is 17.4. The van der Waals surface area contributed by atoms with E-state index < -0.39 is 0 Å². The van der Waals surface area contributed by atoms with Crippen LogP contribution in [0.1, 0.15) is 36.8 Å². The number of carbonyl (C=O) groups excluding carboxylic acids is 1. The normalized spacial score (nSPS) is 11.9. The van der Waals surface area contributed by atoms with Crippen LogP contribution in [0.3, 0.4) is 0 Å². The Morgan fingerprint density at radius 3 is 2.57 bits per heavy atom. The zero-order valence-corrected chi connectivity index (χ0v) is 17.2. The molecule has 0 aliphatic carbocycles. The first-order valence-electron chi connectivity index (χ1n) is 9.61. The van der Waals surface area contributed by atoms with Gasteiger partial charge in [-0.15, -0.1) is 11.3 Å². The van der Waals surface area contributed by atoms with Crippen molar-refractivity contribution in [1.29, 1.82) is 0 Å². The van der Waals surface area contributed by atoms with E-state index in [-0.39, 0.29) is 11.8 Å². The Bertz CT molecular complexity index is 875. The van der Waals surface area contributed by atoms with Gasteiger partial charge in [0.25, 0.3) is 0 Å². The second-order valence-electron chi connectivity index (χ2n) is 6.72. The monoisotopic (exact) mass is 394 g/mol. The predicted octanol–water partition coefficient (Wildman–Crippen LogP) is 5.52. The van der Waals surface area contributed by atoms with E-state index in [0.29, 0.717) is 11.7 Å². The van der Waals surface area contributed by atoms with Crippen molar-refractivity contribution in [2.75, 3.05) is 19.0 Å². The van der Waals surface area contributed by atoms with E-state index >= 15 is 0 Å². The zero-order valence-electron chi connectivity index (χ0n) is 16.4. The fourth-order valence-electron chi connectivity index (χ4n) is 3.14. The molecule has 0 aliphatic rings. The van der Waals surface area contributed by atoms with Crippen molar-refractivity contribution in [2.24, 2.45) is 0 Å². The molecule has 0 spiro atoms. The van der Waals surface area contributed by atoms with Crippen LogP contribution in [0.2, 0.25) is 0 Å². The molecule has 28 heavy (non-hydrogen) atoms. The molecule has 0 bridgehead atoms. The van der Waals surface area contributed by atoms with E-state index in [1.807, 2.05) is 35.7 Å². The number of thiazole rings is 1. The molecule has 1 amide bonds. The van der Waals surface area contributed by atoms with Crippen molar-refractivity contribution in [3.63, 3.8) is 0 Å². The van der Waals surface area contributed by atoms with Gasteiger partial charge in [0.2, 0.25) is 5.91 Å². The molecule has 0 aliphatic heterocycles. The lowest BCUT2D eigenvalue weighted by atomic mass is 9.94. The zero-order chi connectivity index (χ0) is 19.8. The van der Waals surface area contributed by atoms with Crippen molar-refractivity contribution in [1.82, 2.24) is 4.98 Å². The number of hydrogen-bond donors (Lipinski definition) is 1. The van der Waals surface area contributed by atoms with Gasteiger partial charge < -0.3 is 10.1 Å². The number of methoxy groups -OCH3 is 1. The summed E-state index contributed by atoms with van der Waals surface area (Å²) >= 11 is 1.46. The number of aromatic nitrogens is 1. The standard InChI is InChI=1S/C23H26N2O2S/c1-3-7-20(18-8-5-4-6-9-18)22(26)25-23-24-21(16-28-23)19-12-10-17(11-13-19)14-15-27-2/h4-6,8-13,16,20H,3,7,14-15H2,1-2H3,(H,24,25,26). The van der Waals surface area contributed by atoms with Gasteiger partial charge in [-0.2, -0.15) is 0 Å². The Hall–Kier alpha value is -2.50. The summed E-state index contributed by atoms with van der Waals surface area (Å²) in [6.45, 7) is 2.81. The first kappa shape index (κ1) is 20.2. The highest BCUT2D eigenvalue weighted by Crippen LogP contribution is 2.28. The predicted molar refractivity (Wildman–Crippen MR) is 116 cm³/mol. The highest BCUT2D eigenvalue weighted by molar-refractivity contribution is 7.14. The van der Waals surface area contributed by atoms with Gasteiger partial charge in [-0.05, 0) is 24.0 Å². The van der Waals surface area contributed by atoms with Crippen molar-refractivity contribution < 1.29 is 9.53 Å². The molecule has 2 aromatic carbocycles. The summed E-state index contributed by atoms with van der Waals surface area (Å²) in [5, 5.41) is 5.63. The smallest absolute Gasteiger partial charge is 0.233 e. The molecular weight excluding hydrogens is 368 g/mol. The Balaban J connectivity index is 1.68. The fourth-order valence-corrected chi connectivity index (χ4v) is 3.86. The highest BCUT2D eigenvalue weighted by Gasteiger charge is 2.20. The minimum atomic E-state index is -0.154. The van der Waals surface area contributed by atoms with Gasteiger partial charge in [-0.25, -0.2) is 4.98 Å². The minimum absolute atomic E-state index is 0.00358. The van der Waals surface area contributed by atoms with Crippen LogP contribution in [0.5, 0.6) is 0 Å². The minimum Gasteiger partial charge on any atom is -0.384 e. The van der Waals surface area contributed by atoms with Crippen molar-refractivity contribution in [3.05, 3.63) is 71.1 Å². The molecule has 0 saturated heterocycles. The molecule has 3 aromatic rings. The van der Waals surface area contributed by atoms with E-state index in [2.05, 4.69) is 41.5 Å². The Morgan fingerprint density at radius 1 is 1.14 bits per heavy atom. The summed E-state index contributed by atoms with van der Waals surface area (Å²) in [6.07, 6.45) is 2.66. The molecule has 1 N–H and O–H groups in total. The molecule has 4 nitrogen and oxygen atoms in total.